The maximum atomic E-state index is 12.6. The highest BCUT2D eigenvalue weighted by Gasteiger charge is 2.11. The van der Waals surface area contributed by atoms with E-state index in [1.165, 1.54) is 6.92 Å². The summed E-state index contributed by atoms with van der Waals surface area (Å²) in [5, 5.41) is 7.58. The third-order valence-electron chi connectivity index (χ3n) is 4.36. The number of aromatic nitrogens is 2. The van der Waals surface area contributed by atoms with Crippen LogP contribution in [0.2, 0.25) is 0 Å². The minimum absolute atomic E-state index is 0.127. The van der Waals surface area contributed by atoms with Gasteiger partial charge in [0.1, 0.15) is 6.54 Å². The van der Waals surface area contributed by atoms with Gasteiger partial charge in [-0.3, -0.25) is 14.6 Å². The maximum Gasteiger partial charge on any atom is 0.244 e. The second-order valence-corrected chi connectivity index (χ2v) is 6.29. The summed E-state index contributed by atoms with van der Waals surface area (Å²) in [5.74, 6) is -0.258. The van der Waals surface area contributed by atoms with Crippen LogP contribution in [0.1, 0.15) is 6.92 Å². The zero-order valence-electron chi connectivity index (χ0n) is 14.8. The third-order valence-corrected chi connectivity index (χ3v) is 4.36. The van der Waals surface area contributed by atoms with Crippen LogP contribution in [0.4, 0.5) is 11.4 Å². The SMILES string of the molecule is CC(=O)Nc1cccc2c1ccn2CC(=O)Nc1cccc2ncccc12. The Hall–Kier alpha value is -3.67. The molecule has 0 aliphatic carbocycles. The van der Waals surface area contributed by atoms with Crippen molar-refractivity contribution in [3.8, 4) is 0 Å². The van der Waals surface area contributed by atoms with Gasteiger partial charge < -0.3 is 15.2 Å². The minimum atomic E-state index is -0.131. The van der Waals surface area contributed by atoms with Crippen LogP contribution in [0.3, 0.4) is 0 Å². The summed E-state index contributed by atoms with van der Waals surface area (Å²) < 4.78 is 1.86. The van der Waals surface area contributed by atoms with E-state index in [0.717, 1.165) is 33.2 Å². The normalized spacial score (nSPS) is 10.9. The van der Waals surface area contributed by atoms with E-state index in [9.17, 15) is 9.59 Å². The van der Waals surface area contributed by atoms with E-state index in [4.69, 9.17) is 0 Å². The molecule has 2 N–H and O–H groups in total. The average Bonchev–Trinajstić information content (AvgIpc) is 3.05. The summed E-state index contributed by atoms with van der Waals surface area (Å²) in [6, 6.07) is 17.0. The molecule has 0 saturated heterocycles. The molecule has 2 heterocycles. The van der Waals surface area contributed by atoms with Gasteiger partial charge in [0.25, 0.3) is 0 Å². The third kappa shape index (κ3) is 3.37. The topological polar surface area (TPSA) is 76.0 Å². The highest BCUT2D eigenvalue weighted by atomic mass is 16.2. The van der Waals surface area contributed by atoms with Crippen LogP contribution in [0.25, 0.3) is 21.8 Å². The number of nitrogens with one attached hydrogen (secondary N) is 2. The predicted octanol–water partition coefficient (Wildman–Crippen LogP) is 3.79. The molecule has 0 aliphatic rings. The van der Waals surface area contributed by atoms with Gasteiger partial charge in [-0.2, -0.15) is 0 Å². The molecule has 2 aromatic heterocycles. The second kappa shape index (κ2) is 6.92. The predicted molar refractivity (Wildman–Crippen MR) is 107 cm³/mol. The highest BCUT2D eigenvalue weighted by molar-refractivity contribution is 6.03. The number of amides is 2. The molecule has 4 aromatic rings. The Morgan fingerprint density at radius 1 is 0.926 bits per heavy atom. The van der Waals surface area contributed by atoms with Crippen molar-refractivity contribution in [2.24, 2.45) is 0 Å². The first-order chi connectivity index (χ1) is 13.1. The summed E-state index contributed by atoms with van der Waals surface area (Å²) in [6.07, 6.45) is 3.58. The lowest BCUT2D eigenvalue weighted by atomic mass is 10.2. The van der Waals surface area contributed by atoms with Crippen molar-refractivity contribution in [2.75, 3.05) is 10.6 Å². The summed E-state index contributed by atoms with van der Waals surface area (Å²) in [5.41, 5.74) is 3.19. The molecule has 0 bridgehead atoms. The fourth-order valence-corrected chi connectivity index (χ4v) is 3.22. The van der Waals surface area contributed by atoms with E-state index in [2.05, 4.69) is 15.6 Å². The molecule has 2 aromatic carbocycles. The smallest absolute Gasteiger partial charge is 0.244 e. The molecule has 6 nitrogen and oxygen atoms in total. The van der Waals surface area contributed by atoms with Crippen LogP contribution in [0.5, 0.6) is 0 Å². The Morgan fingerprint density at radius 3 is 2.52 bits per heavy atom. The lowest BCUT2D eigenvalue weighted by molar-refractivity contribution is -0.116. The molecule has 27 heavy (non-hydrogen) atoms. The van der Waals surface area contributed by atoms with E-state index in [0.29, 0.717) is 0 Å². The number of fused-ring (bicyclic) bond motifs is 2. The van der Waals surface area contributed by atoms with E-state index in [1.54, 1.807) is 6.20 Å². The molecule has 6 heteroatoms. The molecule has 0 spiro atoms. The largest absolute Gasteiger partial charge is 0.338 e. The Bertz CT molecular complexity index is 1160. The van der Waals surface area contributed by atoms with Gasteiger partial charge in [-0.25, -0.2) is 0 Å². The lowest BCUT2D eigenvalue weighted by Gasteiger charge is -2.10. The number of carbonyl (C=O) groups excluding carboxylic acids is 2. The van der Waals surface area contributed by atoms with Crippen LogP contribution in [0, 0.1) is 0 Å². The molecule has 2 amide bonds. The standard InChI is InChI=1S/C21H18N4O2/c1-14(26)23-19-8-3-9-20-16(19)10-12-25(20)13-21(27)24-18-7-2-6-17-15(18)5-4-11-22-17/h2-12H,13H2,1H3,(H,23,26)(H,24,27). The molecular formula is C21H18N4O2. The van der Waals surface area contributed by atoms with Gasteiger partial charge >= 0.3 is 0 Å². The van der Waals surface area contributed by atoms with Crippen LogP contribution in [-0.4, -0.2) is 21.4 Å². The average molecular weight is 358 g/mol. The molecule has 0 aliphatic heterocycles. The number of carbonyl (C=O) groups is 2. The molecular weight excluding hydrogens is 340 g/mol. The zero-order valence-corrected chi connectivity index (χ0v) is 14.8. The van der Waals surface area contributed by atoms with Crippen molar-refractivity contribution in [2.45, 2.75) is 13.5 Å². The molecule has 4 rings (SSSR count). The minimum Gasteiger partial charge on any atom is -0.338 e. The number of rotatable bonds is 4. The first kappa shape index (κ1) is 16.8. The van der Waals surface area contributed by atoms with E-state index in [1.807, 2.05) is 65.4 Å². The number of anilines is 2. The fraction of sp³-hybridized carbons (Fsp3) is 0.0952. The van der Waals surface area contributed by atoms with Gasteiger partial charge in [0.05, 0.1) is 22.4 Å². The molecule has 0 fully saturated rings. The Labute approximate surface area is 155 Å². The quantitative estimate of drug-likeness (QED) is 0.583. The Morgan fingerprint density at radius 2 is 1.70 bits per heavy atom. The Balaban J connectivity index is 1.59. The van der Waals surface area contributed by atoms with Gasteiger partial charge in [0.15, 0.2) is 0 Å². The van der Waals surface area contributed by atoms with Gasteiger partial charge in [0.2, 0.25) is 11.8 Å². The summed E-state index contributed by atoms with van der Waals surface area (Å²) >= 11 is 0. The first-order valence-electron chi connectivity index (χ1n) is 8.61. The second-order valence-electron chi connectivity index (χ2n) is 6.29. The van der Waals surface area contributed by atoms with E-state index >= 15 is 0 Å². The van der Waals surface area contributed by atoms with Crippen LogP contribution < -0.4 is 10.6 Å². The number of benzene rings is 2. The monoisotopic (exact) mass is 358 g/mol. The number of nitrogens with zero attached hydrogens (tertiary/aromatic N) is 2. The molecule has 0 saturated carbocycles. The maximum absolute atomic E-state index is 12.6. The lowest BCUT2D eigenvalue weighted by Crippen LogP contribution is -2.18. The van der Waals surface area contributed by atoms with Crippen LogP contribution in [0.15, 0.2) is 67.0 Å². The van der Waals surface area contributed by atoms with Gasteiger partial charge in [-0.1, -0.05) is 12.1 Å². The summed E-state index contributed by atoms with van der Waals surface area (Å²) in [6.45, 7) is 1.64. The molecule has 0 unspecified atom stereocenters. The molecule has 0 radical (unpaired) electrons. The number of pyridine rings is 1. The summed E-state index contributed by atoms with van der Waals surface area (Å²) in [4.78, 5) is 28.3. The van der Waals surface area contributed by atoms with Gasteiger partial charge in [-0.15, -0.1) is 0 Å². The van der Waals surface area contributed by atoms with Crippen molar-refractivity contribution in [1.29, 1.82) is 0 Å². The summed E-state index contributed by atoms with van der Waals surface area (Å²) in [7, 11) is 0. The van der Waals surface area contributed by atoms with E-state index < -0.39 is 0 Å². The van der Waals surface area contributed by atoms with Crippen molar-refractivity contribution in [3.63, 3.8) is 0 Å². The zero-order chi connectivity index (χ0) is 18.8. The van der Waals surface area contributed by atoms with Crippen LogP contribution >= 0.6 is 0 Å². The first-order valence-corrected chi connectivity index (χ1v) is 8.61. The number of hydrogen-bond acceptors (Lipinski definition) is 3. The van der Waals surface area contributed by atoms with E-state index in [-0.39, 0.29) is 18.4 Å². The van der Waals surface area contributed by atoms with Crippen molar-refractivity contribution in [3.05, 3.63) is 67.0 Å². The number of hydrogen-bond donors (Lipinski definition) is 2. The van der Waals surface area contributed by atoms with Crippen LogP contribution in [-0.2, 0) is 16.1 Å². The Kier molecular flexibility index (Phi) is 4.30. The fourth-order valence-electron chi connectivity index (χ4n) is 3.22. The van der Waals surface area contributed by atoms with Crippen molar-refractivity contribution < 1.29 is 9.59 Å². The van der Waals surface area contributed by atoms with Crippen molar-refractivity contribution >= 4 is 45.0 Å². The van der Waals surface area contributed by atoms with Gasteiger partial charge in [0, 0.05) is 30.1 Å². The highest BCUT2D eigenvalue weighted by Crippen LogP contribution is 2.25. The van der Waals surface area contributed by atoms with Crippen molar-refractivity contribution in [1.82, 2.24) is 9.55 Å². The molecule has 0 atom stereocenters. The van der Waals surface area contributed by atoms with Gasteiger partial charge in [-0.05, 0) is 42.5 Å². The molecule has 134 valence electrons.